The zero-order chi connectivity index (χ0) is 22.4. The third-order valence-electron chi connectivity index (χ3n) is 4.80. The van der Waals surface area contributed by atoms with E-state index >= 15 is 0 Å². The van der Waals surface area contributed by atoms with Gasteiger partial charge in [-0.15, -0.1) is 0 Å². The number of hydrogen-bond acceptors (Lipinski definition) is 6. The number of ether oxygens (including phenoxy) is 2. The average Bonchev–Trinajstić information content (AvgIpc) is 2.69. The lowest BCUT2D eigenvalue weighted by molar-refractivity contribution is -0.151. The van der Waals surface area contributed by atoms with E-state index in [2.05, 4.69) is 10.3 Å². The van der Waals surface area contributed by atoms with Crippen LogP contribution in [0.25, 0.3) is 0 Å². The predicted molar refractivity (Wildman–Crippen MR) is 109 cm³/mol. The monoisotopic (exact) mass is 418 g/mol. The quantitative estimate of drug-likeness (QED) is 0.638. The molecule has 0 fully saturated rings. The van der Waals surface area contributed by atoms with Crippen molar-refractivity contribution in [2.45, 2.75) is 45.8 Å². The number of rotatable bonds is 8. The molecule has 1 aromatic heterocycles. The number of carbonyl (C=O) groups excluding carboxylic acids is 2. The number of aromatic nitrogens is 1. The van der Waals surface area contributed by atoms with E-state index in [1.807, 2.05) is 13.8 Å². The maximum absolute atomic E-state index is 13.2. The van der Waals surface area contributed by atoms with Crippen LogP contribution in [0.2, 0.25) is 0 Å². The molecule has 2 unspecified atom stereocenters. The van der Waals surface area contributed by atoms with Crippen LogP contribution in [0.5, 0.6) is 11.5 Å². The first-order valence-electron chi connectivity index (χ1n) is 9.64. The van der Waals surface area contributed by atoms with E-state index in [0.717, 1.165) is 5.56 Å². The number of aromatic hydroxyl groups is 1. The van der Waals surface area contributed by atoms with Crippen molar-refractivity contribution in [1.29, 1.82) is 0 Å². The molecule has 1 heterocycles. The highest BCUT2D eigenvalue weighted by molar-refractivity contribution is 5.97. The number of halogens is 1. The lowest BCUT2D eigenvalue weighted by Gasteiger charge is -2.29. The van der Waals surface area contributed by atoms with Crippen LogP contribution in [0.3, 0.4) is 0 Å². The number of esters is 1. The van der Waals surface area contributed by atoms with Gasteiger partial charge in [-0.1, -0.05) is 26.0 Å². The van der Waals surface area contributed by atoms with Crippen molar-refractivity contribution in [2.24, 2.45) is 5.92 Å². The number of amides is 1. The van der Waals surface area contributed by atoms with Crippen LogP contribution < -0.4 is 10.1 Å². The molecule has 2 N–H and O–H groups in total. The SMILES string of the molecule is COc1ccnc(C(=O)N[C@@H](C)C(=O)OC(C)C(c2ccc(F)cc2)C(C)C)c1O. The van der Waals surface area contributed by atoms with Crippen LogP contribution in [0.15, 0.2) is 36.5 Å². The fraction of sp³-hybridized carbons (Fsp3) is 0.409. The topological polar surface area (TPSA) is 97.8 Å². The second-order valence-corrected chi connectivity index (χ2v) is 7.37. The Kier molecular flexibility index (Phi) is 7.74. The van der Waals surface area contributed by atoms with Gasteiger partial charge in [0.1, 0.15) is 18.0 Å². The van der Waals surface area contributed by atoms with Crippen LogP contribution in [0, 0.1) is 11.7 Å². The first kappa shape index (κ1) is 23.1. The Labute approximate surface area is 175 Å². The molecular formula is C22H27FN2O5. The summed E-state index contributed by atoms with van der Waals surface area (Å²) in [4.78, 5) is 28.8. The molecule has 1 amide bonds. The number of hydrogen-bond donors (Lipinski definition) is 2. The van der Waals surface area contributed by atoms with Gasteiger partial charge < -0.3 is 19.9 Å². The molecule has 1 aromatic carbocycles. The summed E-state index contributed by atoms with van der Waals surface area (Å²) in [5.41, 5.74) is 0.599. The Balaban J connectivity index is 2.06. The Morgan fingerprint density at radius 1 is 1.10 bits per heavy atom. The van der Waals surface area contributed by atoms with E-state index in [9.17, 15) is 19.1 Å². The van der Waals surface area contributed by atoms with Gasteiger partial charge in [-0.2, -0.15) is 0 Å². The van der Waals surface area contributed by atoms with Crippen molar-refractivity contribution >= 4 is 11.9 Å². The van der Waals surface area contributed by atoms with Gasteiger partial charge in [0, 0.05) is 18.2 Å². The summed E-state index contributed by atoms with van der Waals surface area (Å²) in [6, 6.07) is 6.52. The predicted octanol–water partition coefficient (Wildman–Crippen LogP) is 3.42. The summed E-state index contributed by atoms with van der Waals surface area (Å²) in [6.45, 7) is 7.21. The van der Waals surface area contributed by atoms with E-state index in [-0.39, 0.29) is 29.1 Å². The van der Waals surface area contributed by atoms with Gasteiger partial charge in [0.05, 0.1) is 7.11 Å². The van der Waals surface area contributed by atoms with Crippen LogP contribution in [0.4, 0.5) is 4.39 Å². The molecule has 162 valence electrons. The molecule has 8 heteroatoms. The molecule has 7 nitrogen and oxygen atoms in total. The van der Waals surface area contributed by atoms with Crippen LogP contribution >= 0.6 is 0 Å². The third kappa shape index (κ3) is 5.46. The molecule has 2 rings (SSSR count). The number of nitrogens with zero attached hydrogens (tertiary/aromatic N) is 1. The second-order valence-electron chi connectivity index (χ2n) is 7.37. The molecular weight excluding hydrogens is 391 g/mol. The van der Waals surface area contributed by atoms with E-state index in [1.165, 1.54) is 38.4 Å². The third-order valence-corrected chi connectivity index (χ3v) is 4.80. The molecule has 0 bridgehead atoms. The summed E-state index contributed by atoms with van der Waals surface area (Å²) in [5.74, 6) is -2.05. The summed E-state index contributed by atoms with van der Waals surface area (Å²) < 4.78 is 23.8. The lowest BCUT2D eigenvalue weighted by Crippen LogP contribution is -2.42. The van der Waals surface area contributed by atoms with Gasteiger partial charge in [0.2, 0.25) is 0 Å². The van der Waals surface area contributed by atoms with Gasteiger partial charge in [-0.05, 0) is 37.5 Å². The van der Waals surface area contributed by atoms with Crippen molar-refractivity contribution in [3.8, 4) is 11.5 Å². The Morgan fingerprint density at radius 2 is 1.73 bits per heavy atom. The van der Waals surface area contributed by atoms with Gasteiger partial charge in [-0.25, -0.2) is 14.2 Å². The van der Waals surface area contributed by atoms with Crippen molar-refractivity contribution in [2.75, 3.05) is 7.11 Å². The van der Waals surface area contributed by atoms with Crippen molar-refractivity contribution in [3.05, 3.63) is 53.6 Å². The van der Waals surface area contributed by atoms with E-state index in [4.69, 9.17) is 9.47 Å². The highest BCUT2D eigenvalue weighted by Crippen LogP contribution is 2.30. The molecule has 0 aliphatic heterocycles. The number of benzene rings is 1. The van der Waals surface area contributed by atoms with Crippen molar-refractivity contribution in [1.82, 2.24) is 10.3 Å². The first-order valence-corrected chi connectivity index (χ1v) is 9.64. The van der Waals surface area contributed by atoms with Gasteiger partial charge >= 0.3 is 5.97 Å². The maximum atomic E-state index is 13.2. The molecule has 30 heavy (non-hydrogen) atoms. The highest BCUT2D eigenvalue weighted by atomic mass is 19.1. The number of methoxy groups -OCH3 is 1. The standard InChI is InChI=1S/C22H27FN2O5/c1-12(2)18(15-6-8-16(23)9-7-15)14(4)30-22(28)13(3)25-21(27)19-20(26)17(29-5)10-11-24-19/h6-14,18,26H,1-5H3,(H,25,27)/t13-,14?,18?/m0/s1. The van der Waals surface area contributed by atoms with E-state index in [0.29, 0.717) is 0 Å². The van der Waals surface area contributed by atoms with Crippen LogP contribution in [-0.2, 0) is 9.53 Å². The Morgan fingerprint density at radius 3 is 2.30 bits per heavy atom. The van der Waals surface area contributed by atoms with E-state index in [1.54, 1.807) is 19.1 Å². The minimum absolute atomic E-state index is 0.0954. The molecule has 0 aliphatic carbocycles. The number of carbonyl (C=O) groups is 2. The maximum Gasteiger partial charge on any atom is 0.328 e. The lowest BCUT2D eigenvalue weighted by atomic mass is 9.84. The Bertz CT molecular complexity index is 886. The molecule has 0 aliphatic rings. The summed E-state index contributed by atoms with van der Waals surface area (Å²) in [5, 5.41) is 12.5. The van der Waals surface area contributed by atoms with Gasteiger partial charge in [0.25, 0.3) is 5.91 Å². The smallest absolute Gasteiger partial charge is 0.328 e. The summed E-state index contributed by atoms with van der Waals surface area (Å²) in [6.07, 6.45) is 0.805. The largest absolute Gasteiger partial charge is 0.503 e. The fourth-order valence-electron chi connectivity index (χ4n) is 3.33. The average molecular weight is 418 g/mol. The van der Waals surface area contributed by atoms with Crippen molar-refractivity contribution in [3.63, 3.8) is 0 Å². The Hall–Kier alpha value is -3.16. The van der Waals surface area contributed by atoms with E-state index < -0.39 is 29.8 Å². The highest BCUT2D eigenvalue weighted by Gasteiger charge is 2.29. The van der Waals surface area contributed by atoms with Crippen LogP contribution in [0.1, 0.15) is 49.7 Å². The summed E-state index contributed by atoms with van der Waals surface area (Å²) in [7, 11) is 1.35. The minimum atomic E-state index is -0.978. The van der Waals surface area contributed by atoms with Gasteiger partial charge in [0.15, 0.2) is 17.2 Å². The van der Waals surface area contributed by atoms with Crippen LogP contribution in [-0.4, -0.2) is 41.2 Å². The molecule has 2 aromatic rings. The molecule has 0 spiro atoms. The zero-order valence-corrected chi connectivity index (χ0v) is 17.7. The first-order chi connectivity index (χ1) is 14.1. The fourth-order valence-corrected chi connectivity index (χ4v) is 3.33. The molecule has 0 saturated heterocycles. The zero-order valence-electron chi connectivity index (χ0n) is 17.7. The molecule has 0 radical (unpaired) electrons. The van der Waals surface area contributed by atoms with Gasteiger partial charge in [-0.3, -0.25) is 4.79 Å². The normalized spacial score (nSPS) is 14.0. The number of pyridine rings is 1. The van der Waals surface area contributed by atoms with Crippen molar-refractivity contribution < 1.29 is 28.6 Å². The summed E-state index contributed by atoms with van der Waals surface area (Å²) >= 11 is 0. The number of nitrogens with one attached hydrogen (secondary N) is 1. The second kappa shape index (κ2) is 10.0. The minimum Gasteiger partial charge on any atom is -0.503 e. The molecule has 0 saturated carbocycles. The molecule has 3 atom stereocenters.